The van der Waals surface area contributed by atoms with E-state index in [1.165, 1.54) is 28.9 Å². The summed E-state index contributed by atoms with van der Waals surface area (Å²) in [6.45, 7) is 0.353. The molecule has 1 N–H and O–H groups in total. The Labute approximate surface area is 153 Å². The van der Waals surface area contributed by atoms with Crippen LogP contribution < -0.4 is 11.0 Å². The smallest absolute Gasteiger partial charge is 0.280 e. The van der Waals surface area contributed by atoms with E-state index in [-0.39, 0.29) is 11.2 Å². The Hall–Kier alpha value is -3.54. The van der Waals surface area contributed by atoms with Gasteiger partial charge in [0.2, 0.25) is 0 Å². The molecule has 6 heteroatoms. The van der Waals surface area contributed by atoms with Crippen LogP contribution in [0.5, 0.6) is 0 Å². The van der Waals surface area contributed by atoms with Crippen molar-refractivity contribution in [2.75, 3.05) is 5.43 Å². The lowest BCUT2D eigenvalue weighted by Gasteiger charge is -2.16. The van der Waals surface area contributed by atoms with Crippen LogP contribution in [0.15, 0.2) is 77.6 Å². The Balaban J connectivity index is 1.88. The first kappa shape index (κ1) is 16.9. The Bertz CT molecular complexity index is 1170. The molecule has 0 aliphatic heterocycles. The van der Waals surface area contributed by atoms with Crippen LogP contribution in [-0.2, 0) is 6.54 Å². The molecule has 0 saturated heterocycles. The van der Waals surface area contributed by atoms with Gasteiger partial charge in [-0.15, -0.1) is 0 Å². The highest BCUT2D eigenvalue weighted by molar-refractivity contribution is 5.79. The first-order valence-corrected chi connectivity index (χ1v) is 8.38. The van der Waals surface area contributed by atoms with E-state index in [4.69, 9.17) is 0 Å². The third-order valence-electron chi connectivity index (χ3n) is 4.20. The van der Waals surface area contributed by atoms with Crippen molar-refractivity contribution in [1.82, 2.24) is 9.66 Å². The second kappa shape index (κ2) is 6.99. The zero-order chi connectivity index (χ0) is 18.8. The topological polar surface area (TPSA) is 46.9 Å². The lowest BCUT2D eigenvalue weighted by Crippen LogP contribution is -2.31. The van der Waals surface area contributed by atoms with E-state index in [0.29, 0.717) is 17.6 Å². The molecule has 1 aromatic heterocycles. The molecule has 0 spiro atoms. The number of nitrogens with one attached hydrogen (secondary N) is 1. The minimum atomic E-state index is -0.519. The molecule has 0 fully saturated rings. The van der Waals surface area contributed by atoms with Crippen molar-refractivity contribution in [3.63, 3.8) is 0 Å². The largest absolute Gasteiger partial charge is 0.317 e. The molecule has 27 heavy (non-hydrogen) atoms. The van der Waals surface area contributed by atoms with Crippen molar-refractivity contribution in [2.45, 2.75) is 6.54 Å². The van der Waals surface area contributed by atoms with E-state index in [1.807, 2.05) is 30.3 Å². The molecule has 134 valence electrons. The number of rotatable bonds is 4. The molecule has 0 aliphatic rings. The highest BCUT2D eigenvalue weighted by atomic mass is 19.1. The van der Waals surface area contributed by atoms with E-state index < -0.39 is 17.2 Å². The predicted octanol–water partition coefficient (Wildman–Crippen LogP) is 4.09. The van der Waals surface area contributed by atoms with E-state index in [2.05, 4.69) is 10.4 Å². The van der Waals surface area contributed by atoms with Gasteiger partial charge in [0.05, 0.1) is 17.4 Å². The van der Waals surface area contributed by atoms with Gasteiger partial charge in [-0.3, -0.25) is 4.79 Å². The van der Waals surface area contributed by atoms with Crippen LogP contribution >= 0.6 is 0 Å². The Morgan fingerprint density at radius 3 is 2.44 bits per heavy atom. The molecule has 0 saturated carbocycles. The molecule has 1 heterocycles. The maximum atomic E-state index is 13.7. The molecule has 0 atom stereocenters. The zero-order valence-electron chi connectivity index (χ0n) is 14.2. The summed E-state index contributed by atoms with van der Waals surface area (Å²) < 4.78 is 28.6. The summed E-state index contributed by atoms with van der Waals surface area (Å²) in [5.74, 6) is -0.695. The maximum absolute atomic E-state index is 13.7. The Kier molecular flexibility index (Phi) is 4.38. The van der Waals surface area contributed by atoms with Gasteiger partial charge in [0.1, 0.15) is 11.6 Å². The quantitative estimate of drug-likeness (QED) is 0.594. The predicted molar refractivity (Wildman–Crippen MR) is 101 cm³/mol. The van der Waals surface area contributed by atoms with Gasteiger partial charge in [-0.05, 0) is 35.9 Å². The van der Waals surface area contributed by atoms with Gasteiger partial charge >= 0.3 is 0 Å². The first-order valence-electron chi connectivity index (χ1n) is 8.38. The summed E-state index contributed by atoms with van der Waals surface area (Å²) in [5, 5.41) is 0.149. The van der Waals surface area contributed by atoms with Crippen LogP contribution in [0.3, 0.4) is 0 Å². The molecule has 3 aromatic carbocycles. The van der Waals surface area contributed by atoms with Crippen LogP contribution in [-0.4, -0.2) is 9.66 Å². The Morgan fingerprint density at radius 1 is 0.889 bits per heavy atom. The summed E-state index contributed by atoms with van der Waals surface area (Å²) in [6.07, 6.45) is 0. The van der Waals surface area contributed by atoms with Crippen molar-refractivity contribution < 1.29 is 8.78 Å². The highest BCUT2D eigenvalue weighted by Crippen LogP contribution is 2.20. The highest BCUT2D eigenvalue weighted by Gasteiger charge is 2.14. The van der Waals surface area contributed by atoms with E-state index >= 15 is 0 Å². The van der Waals surface area contributed by atoms with Crippen molar-refractivity contribution in [3.8, 4) is 11.4 Å². The molecule has 0 amide bonds. The average molecular weight is 363 g/mol. The third kappa shape index (κ3) is 3.42. The summed E-state index contributed by atoms with van der Waals surface area (Å²) in [5.41, 5.74) is 4.32. The second-order valence-corrected chi connectivity index (χ2v) is 6.07. The summed E-state index contributed by atoms with van der Waals surface area (Å²) in [7, 11) is 0. The molecular formula is C21H15F2N3O. The van der Waals surface area contributed by atoms with E-state index in [1.54, 1.807) is 12.1 Å². The summed E-state index contributed by atoms with van der Waals surface area (Å²) >= 11 is 0. The monoisotopic (exact) mass is 363 g/mol. The van der Waals surface area contributed by atoms with Gasteiger partial charge in [-0.1, -0.05) is 42.5 Å². The van der Waals surface area contributed by atoms with E-state index in [9.17, 15) is 13.6 Å². The zero-order valence-corrected chi connectivity index (χ0v) is 14.2. The maximum Gasteiger partial charge on any atom is 0.280 e. The second-order valence-electron chi connectivity index (χ2n) is 6.07. The standard InChI is InChI=1S/C21H15F2N3O/c22-16-8-4-7-15(11-16)20-25-19-10-9-17(23)12-18(19)21(27)26(20)24-13-14-5-2-1-3-6-14/h1-12,24H,13H2. The van der Waals surface area contributed by atoms with Gasteiger partial charge in [-0.2, -0.15) is 0 Å². The minimum absolute atomic E-state index is 0.149. The summed E-state index contributed by atoms with van der Waals surface area (Å²) in [6, 6.07) is 19.2. The van der Waals surface area contributed by atoms with E-state index in [0.717, 1.165) is 11.6 Å². The fourth-order valence-electron chi connectivity index (χ4n) is 2.89. The lowest BCUT2D eigenvalue weighted by molar-refractivity contribution is 0.628. The van der Waals surface area contributed by atoms with Crippen molar-refractivity contribution in [1.29, 1.82) is 0 Å². The van der Waals surface area contributed by atoms with Crippen molar-refractivity contribution >= 4 is 10.9 Å². The van der Waals surface area contributed by atoms with Gasteiger partial charge < -0.3 is 5.43 Å². The van der Waals surface area contributed by atoms with Crippen LogP contribution in [0.1, 0.15) is 5.56 Å². The molecular weight excluding hydrogens is 348 g/mol. The molecule has 4 nitrogen and oxygen atoms in total. The van der Waals surface area contributed by atoms with Gasteiger partial charge in [0, 0.05) is 5.56 Å². The normalized spacial score (nSPS) is 10.9. The molecule has 0 unspecified atom stereocenters. The lowest BCUT2D eigenvalue weighted by atomic mass is 10.2. The fraction of sp³-hybridized carbons (Fsp3) is 0.0476. The minimum Gasteiger partial charge on any atom is -0.317 e. The number of fused-ring (bicyclic) bond motifs is 1. The van der Waals surface area contributed by atoms with Gasteiger partial charge in [0.25, 0.3) is 5.56 Å². The average Bonchev–Trinajstić information content (AvgIpc) is 2.68. The number of benzene rings is 3. The van der Waals surface area contributed by atoms with Gasteiger partial charge in [-0.25, -0.2) is 18.4 Å². The Morgan fingerprint density at radius 2 is 1.67 bits per heavy atom. The molecule has 4 aromatic rings. The summed E-state index contributed by atoms with van der Waals surface area (Å²) in [4.78, 5) is 17.4. The van der Waals surface area contributed by atoms with Crippen LogP contribution in [0.2, 0.25) is 0 Å². The van der Waals surface area contributed by atoms with Crippen LogP contribution in [0.25, 0.3) is 22.3 Å². The number of nitrogens with zero attached hydrogens (tertiary/aromatic N) is 2. The van der Waals surface area contributed by atoms with Crippen molar-refractivity contribution in [2.24, 2.45) is 0 Å². The van der Waals surface area contributed by atoms with Crippen molar-refractivity contribution in [3.05, 3.63) is 100 Å². The number of aromatic nitrogens is 2. The molecule has 4 rings (SSSR count). The fourth-order valence-corrected chi connectivity index (χ4v) is 2.89. The van der Waals surface area contributed by atoms with Gasteiger partial charge in [0.15, 0.2) is 5.82 Å². The number of hydrogen-bond donors (Lipinski definition) is 1. The number of halogens is 2. The molecule has 0 aliphatic carbocycles. The third-order valence-corrected chi connectivity index (χ3v) is 4.20. The SMILES string of the molecule is O=c1c2cc(F)ccc2nc(-c2cccc(F)c2)n1NCc1ccccc1. The molecule has 0 bridgehead atoms. The van der Waals surface area contributed by atoms with Crippen LogP contribution in [0.4, 0.5) is 8.78 Å². The molecule has 0 radical (unpaired) electrons. The van der Waals surface area contributed by atoms with Crippen LogP contribution in [0, 0.1) is 11.6 Å². The first-order chi connectivity index (χ1) is 13.1. The number of hydrogen-bond acceptors (Lipinski definition) is 3.